The van der Waals surface area contributed by atoms with E-state index in [0.29, 0.717) is 12.0 Å². The normalized spacial score (nSPS) is 21.5. The Labute approximate surface area is 125 Å². The Bertz CT molecular complexity index is 632. The smallest absolute Gasteiger partial charge is 0.240 e. The van der Waals surface area contributed by atoms with E-state index in [-0.39, 0.29) is 0 Å². The summed E-state index contributed by atoms with van der Waals surface area (Å²) in [6, 6.07) is 9.27. The fourth-order valence-corrected chi connectivity index (χ4v) is 3.35. The van der Waals surface area contributed by atoms with Crippen LogP contribution in [0.5, 0.6) is 0 Å². The standard InChI is InChI=1S/C17H21N3O/c1-20(11-16-18-17(19-21-16)13-9-10-13)15-8-4-6-12-5-2-3-7-14(12)15/h2-3,5,7,13,15H,4,6,8-11H2,1H3/t15-/m1/s1. The van der Waals surface area contributed by atoms with Crippen LogP contribution in [0.15, 0.2) is 28.8 Å². The van der Waals surface area contributed by atoms with Gasteiger partial charge in [-0.2, -0.15) is 4.98 Å². The van der Waals surface area contributed by atoms with Crippen LogP contribution in [-0.2, 0) is 13.0 Å². The van der Waals surface area contributed by atoms with Crippen LogP contribution in [-0.4, -0.2) is 22.1 Å². The maximum Gasteiger partial charge on any atom is 0.240 e. The first-order valence-corrected chi connectivity index (χ1v) is 7.92. The van der Waals surface area contributed by atoms with Crippen LogP contribution in [0.4, 0.5) is 0 Å². The Morgan fingerprint density at radius 3 is 2.95 bits per heavy atom. The van der Waals surface area contributed by atoms with E-state index in [1.165, 1.54) is 43.2 Å². The first kappa shape index (κ1) is 13.0. The molecule has 21 heavy (non-hydrogen) atoms. The second kappa shape index (κ2) is 5.26. The first-order valence-electron chi connectivity index (χ1n) is 7.92. The van der Waals surface area contributed by atoms with Crippen LogP contribution >= 0.6 is 0 Å². The van der Waals surface area contributed by atoms with Gasteiger partial charge in [-0.1, -0.05) is 29.4 Å². The molecule has 0 aliphatic heterocycles. The van der Waals surface area contributed by atoms with E-state index in [2.05, 4.69) is 46.4 Å². The van der Waals surface area contributed by atoms with E-state index >= 15 is 0 Å². The highest BCUT2D eigenvalue weighted by molar-refractivity contribution is 5.32. The molecule has 1 fully saturated rings. The molecule has 1 heterocycles. The molecule has 2 aliphatic carbocycles. The first-order chi connectivity index (χ1) is 10.3. The van der Waals surface area contributed by atoms with E-state index in [4.69, 9.17) is 4.52 Å². The van der Waals surface area contributed by atoms with Crippen LogP contribution in [0.2, 0.25) is 0 Å². The van der Waals surface area contributed by atoms with Gasteiger partial charge < -0.3 is 4.52 Å². The molecule has 4 heteroatoms. The number of benzene rings is 1. The van der Waals surface area contributed by atoms with Crippen molar-refractivity contribution in [3.05, 3.63) is 47.1 Å². The highest BCUT2D eigenvalue weighted by Gasteiger charge is 2.29. The van der Waals surface area contributed by atoms with E-state index in [1.54, 1.807) is 0 Å². The lowest BCUT2D eigenvalue weighted by molar-refractivity contribution is 0.187. The number of nitrogens with zero attached hydrogens (tertiary/aromatic N) is 3. The number of aryl methyl sites for hydroxylation is 1. The predicted molar refractivity (Wildman–Crippen MR) is 79.9 cm³/mol. The van der Waals surface area contributed by atoms with Crippen molar-refractivity contribution >= 4 is 0 Å². The van der Waals surface area contributed by atoms with Gasteiger partial charge in [0.1, 0.15) is 0 Å². The zero-order valence-corrected chi connectivity index (χ0v) is 12.5. The van der Waals surface area contributed by atoms with Gasteiger partial charge in [-0.05, 0) is 50.3 Å². The summed E-state index contributed by atoms with van der Waals surface area (Å²) in [4.78, 5) is 6.89. The van der Waals surface area contributed by atoms with Gasteiger partial charge in [0.25, 0.3) is 0 Å². The van der Waals surface area contributed by atoms with Crippen molar-refractivity contribution in [3.8, 4) is 0 Å². The Morgan fingerprint density at radius 2 is 2.10 bits per heavy atom. The minimum Gasteiger partial charge on any atom is -0.338 e. The number of hydrogen-bond donors (Lipinski definition) is 0. The molecule has 110 valence electrons. The molecular weight excluding hydrogens is 262 g/mol. The quantitative estimate of drug-likeness (QED) is 0.862. The minimum absolute atomic E-state index is 0.464. The third kappa shape index (κ3) is 2.60. The second-order valence-corrected chi connectivity index (χ2v) is 6.34. The minimum atomic E-state index is 0.464. The molecular formula is C17H21N3O. The summed E-state index contributed by atoms with van der Waals surface area (Å²) in [6.45, 7) is 0.735. The average molecular weight is 283 g/mol. The molecule has 0 saturated heterocycles. The molecule has 1 atom stereocenters. The van der Waals surface area contributed by atoms with Crippen LogP contribution in [0.25, 0.3) is 0 Å². The molecule has 0 N–H and O–H groups in total. The van der Waals surface area contributed by atoms with E-state index in [9.17, 15) is 0 Å². The largest absolute Gasteiger partial charge is 0.338 e. The van der Waals surface area contributed by atoms with Gasteiger partial charge in [0.2, 0.25) is 5.89 Å². The molecule has 1 aromatic carbocycles. The van der Waals surface area contributed by atoms with Crippen molar-refractivity contribution in [1.29, 1.82) is 0 Å². The Kier molecular flexibility index (Phi) is 3.26. The summed E-state index contributed by atoms with van der Waals surface area (Å²) < 4.78 is 5.41. The summed E-state index contributed by atoms with van der Waals surface area (Å²) in [5.41, 5.74) is 2.96. The summed E-state index contributed by atoms with van der Waals surface area (Å²) in [5, 5.41) is 4.11. The van der Waals surface area contributed by atoms with Gasteiger partial charge >= 0.3 is 0 Å². The van der Waals surface area contributed by atoms with E-state index in [0.717, 1.165) is 18.3 Å². The molecule has 1 aromatic heterocycles. The third-order valence-electron chi connectivity index (χ3n) is 4.68. The number of hydrogen-bond acceptors (Lipinski definition) is 4. The lowest BCUT2D eigenvalue weighted by Gasteiger charge is -2.32. The maximum absolute atomic E-state index is 5.41. The van der Waals surface area contributed by atoms with Crippen molar-refractivity contribution < 1.29 is 4.52 Å². The monoisotopic (exact) mass is 283 g/mol. The lowest BCUT2D eigenvalue weighted by atomic mass is 9.87. The van der Waals surface area contributed by atoms with Crippen molar-refractivity contribution in [2.75, 3.05) is 7.05 Å². The Hall–Kier alpha value is -1.68. The molecule has 0 spiro atoms. The maximum atomic E-state index is 5.41. The summed E-state index contributed by atoms with van der Waals surface area (Å²) in [5.74, 6) is 2.22. The molecule has 4 rings (SSSR count). The van der Waals surface area contributed by atoms with Crippen LogP contribution < -0.4 is 0 Å². The van der Waals surface area contributed by atoms with Crippen LogP contribution in [0, 0.1) is 0 Å². The number of fused-ring (bicyclic) bond motifs is 1. The van der Waals surface area contributed by atoms with E-state index < -0.39 is 0 Å². The van der Waals surface area contributed by atoms with Crippen molar-refractivity contribution in [2.45, 2.75) is 50.6 Å². The Morgan fingerprint density at radius 1 is 1.24 bits per heavy atom. The number of aromatic nitrogens is 2. The summed E-state index contributed by atoms with van der Waals surface area (Å²) >= 11 is 0. The fourth-order valence-electron chi connectivity index (χ4n) is 3.35. The molecule has 0 amide bonds. The number of rotatable bonds is 4. The molecule has 2 aliphatic rings. The highest BCUT2D eigenvalue weighted by Crippen LogP contribution is 2.38. The van der Waals surface area contributed by atoms with Gasteiger partial charge in [-0.3, -0.25) is 4.90 Å². The predicted octanol–water partition coefficient (Wildman–Crippen LogP) is 3.46. The van der Waals surface area contributed by atoms with Crippen LogP contribution in [0.3, 0.4) is 0 Å². The van der Waals surface area contributed by atoms with E-state index in [1.807, 2.05) is 0 Å². The Balaban J connectivity index is 1.50. The zero-order valence-electron chi connectivity index (χ0n) is 12.5. The van der Waals surface area contributed by atoms with Crippen molar-refractivity contribution in [2.24, 2.45) is 0 Å². The highest BCUT2D eigenvalue weighted by atomic mass is 16.5. The molecule has 2 aromatic rings. The van der Waals surface area contributed by atoms with Crippen molar-refractivity contribution in [3.63, 3.8) is 0 Å². The van der Waals surface area contributed by atoms with Gasteiger partial charge in [-0.15, -0.1) is 0 Å². The van der Waals surface area contributed by atoms with Crippen molar-refractivity contribution in [1.82, 2.24) is 15.0 Å². The third-order valence-corrected chi connectivity index (χ3v) is 4.68. The van der Waals surface area contributed by atoms with Crippen LogP contribution in [0.1, 0.15) is 60.5 Å². The summed E-state index contributed by atoms with van der Waals surface area (Å²) in [6.07, 6.45) is 6.09. The average Bonchev–Trinajstić information content (AvgIpc) is 3.27. The molecule has 0 radical (unpaired) electrons. The summed E-state index contributed by atoms with van der Waals surface area (Å²) in [7, 11) is 2.16. The second-order valence-electron chi connectivity index (χ2n) is 6.34. The molecule has 1 saturated carbocycles. The fraction of sp³-hybridized carbons (Fsp3) is 0.529. The SMILES string of the molecule is CN(Cc1nc(C2CC2)no1)[C@@H]1CCCc2ccccc21. The van der Waals surface area contributed by atoms with Gasteiger partial charge in [0.05, 0.1) is 6.54 Å². The zero-order chi connectivity index (χ0) is 14.2. The van der Waals surface area contributed by atoms with Gasteiger partial charge in [0.15, 0.2) is 5.82 Å². The molecule has 4 nitrogen and oxygen atoms in total. The molecule has 0 bridgehead atoms. The lowest BCUT2D eigenvalue weighted by Crippen LogP contribution is -2.27. The van der Waals surface area contributed by atoms with Gasteiger partial charge in [0, 0.05) is 12.0 Å². The van der Waals surface area contributed by atoms with Gasteiger partial charge in [-0.25, -0.2) is 0 Å². The molecule has 0 unspecified atom stereocenters. The topological polar surface area (TPSA) is 42.2 Å².